The maximum atomic E-state index is 13.7. The van der Waals surface area contributed by atoms with Crippen LogP contribution in [-0.4, -0.2) is 27.1 Å². The molecule has 0 unspecified atom stereocenters. The average molecular weight is 523 g/mol. The monoisotopic (exact) mass is 522 g/mol. The van der Waals surface area contributed by atoms with Crippen molar-refractivity contribution in [3.63, 3.8) is 0 Å². The molecule has 1 aliphatic rings. The van der Waals surface area contributed by atoms with Gasteiger partial charge in [-0.1, -0.05) is 44.4 Å². The standard InChI is InChI=1S/C28H33ClFN7/c1-8-17-13-32-26-20(24(17)33-16-27(2,3)4)11-19(12-21(26)29)34-25(18-9-10-23(30)31-14-18)22-15-37(36-35-22)28(5,6)7/h1,9-15,25,34-36H,16H2,2-7H3,(H,32,33)/t25-/m1/s1/i25D. The molecule has 7 nitrogen and oxygen atoms in total. The van der Waals surface area contributed by atoms with Gasteiger partial charge in [-0.15, -0.1) is 12.0 Å². The molecule has 1 aliphatic heterocycles. The highest BCUT2D eigenvalue weighted by atomic mass is 35.5. The van der Waals surface area contributed by atoms with Crippen LogP contribution in [0.15, 0.2) is 48.6 Å². The van der Waals surface area contributed by atoms with Gasteiger partial charge in [0.25, 0.3) is 0 Å². The molecule has 4 N–H and O–H groups in total. The highest BCUT2D eigenvalue weighted by Gasteiger charge is 2.28. The fourth-order valence-electron chi connectivity index (χ4n) is 3.75. The molecule has 0 amide bonds. The SMILES string of the molecule is [2H][C@](Nc1cc(Cl)c2ncc(C#C)c(NCC(C)(C)C)c2c1)(C1=CN(C(C)(C)C)NN1)c1ccc(F)nc1. The van der Waals surface area contributed by atoms with E-state index in [1.54, 1.807) is 18.5 Å². The second-order valence-corrected chi connectivity index (χ2v) is 11.6. The first-order valence-corrected chi connectivity index (χ1v) is 12.4. The molecule has 3 aromatic rings. The van der Waals surface area contributed by atoms with Gasteiger partial charge in [0, 0.05) is 41.8 Å². The van der Waals surface area contributed by atoms with E-state index < -0.39 is 12.0 Å². The summed E-state index contributed by atoms with van der Waals surface area (Å²) < 4.78 is 23.3. The van der Waals surface area contributed by atoms with Crippen LogP contribution in [0.4, 0.5) is 15.8 Å². The number of fused-ring (bicyclic) bond motifs is 1. The molecule has 0 fully saturated rings. The third-order valence-corrected chi connectivity index (χ3v) is 6.01. The number of rotatable bonds is 6. The van der Waals surface area contributed by atoms with Crippen LogP contribution in [-0.2, 0) is 0 Å². The van der Waals surface area contributed by atoms with Crippen LogP contribution in [0.3, 0.4) is 0 Å². The van der Waals surface area contributed by atoms with Crippen LogP contribution in [0.1, 0.15) is 60.1 Å². The van der Waals surface area contributed by atoms with Crippen LogP contribution >= 0.6 is 11.6 Å². The Hall–Kier alpha value is -3.54. The molecule has 0 spiro atoms. The molecule has 1 aromatic carbocycles. The van der Waals surface area contributed by atoms with E-state index in [-0.39, 0.29) is 11.0 Å². The molecule has 0 saturated heterocycles. The molecule has 9 heteroatoms. The molecule has 0 radical (unpaired) electrons. The Morgan fingerprint density at radius 1 is 1.19 bits per heavy atom. The van der Waals surface area contributed by atoms with E-state index in [2.05, 4.69) is 58.3 Å². The number of benzene rings is 1. The van der Waals surface area contributed by atoms with Gasteiger partial charge in [0.2, 0.25) is 5.95 Å². The van der Waals surface area contributed by atoms with Crippen molar-refractivity contribution >= 4 is 33.9 Å². The molecule has 4 rings (SSSR count). The lowest BCUT2D eigenvalue weighted by atomic mass is 9.96. The maximum absolute atomic E-state index is 13.7. The third kappa shape index (κ3) is 6.07. The number of nitrogens with one attached hydrogen (secondary N) is 4. The first-order valence-electron chi connectivity index (χ1n) is 12.5. The lowest BCUT2D eigenvalue weighted by Gasteiger charge is -2.30. The molecule has 3 heterocycles. The zero-order valence-electron chi connectivity index (χ0n) is 22.9. The summed E-state index contributed by atoms with van der Waals surface area (Å²) >= 11 is 6.70. The predicted molar refractivity (Wildman–Crippen MR) is 149 cm³/mol. The van der Waals surface area contributed by atoms with Crippen molar-refractivity contribution in [3.8, 4) is 12.3 Å². The molecule has 0 aliphatic carbocycles. The topological polar surface area (TPSA) is 77.1 Å². The molecule has 2 aromatic heterocycles. The summed E-state index contributed by atoms with van der Waals surface area (Å²) in [5.41, 5.74) is 9.30. The number of anilines is 2. The van der Waals surface area contributed by atoms with E-state index in [1.807, 2.05) is 31.8 Å². The van der Waals surface area contributed by atoms with Crippen molar-refractivity contribution in [3.05, 3.63) is 70.7 Å². The second kappa shape index (κ2) is 10.1. The Kier molecular flexibility index (Phi) is 6.84. The zero-order chi connectivity index (χ0) is 27.9. The molecular formula is C28H33ClFN7. The van der Waals surface area contributed by atoms with E-state index in [0.717, 1.165) is 11.1 Å². The van der Waals surface area contributed by atoms with E-state index in [4.69, 9.17) is 18.0 Å². The number of hydrazine groups is 2. The summed E-state index contributed by atoms with van der Waals surface area (Å²) in [6.07, 6.45) is 10.6. The van der Waals surface area contributed by atoms with Gasteiger partial charge < -0.3 is 16.1 Å². The average Bonchev–Trinajstić information content (AvgIpc) is 3.34. The molecule has 0 bridgehead atoms. The van der Waals surface area contributed by atoms with E-state index in [0.29, 0.717) is 39.6 Å². The van der Waals surface area contributed by atoms with Crippen molar-refractivity contribution in [1.29, 1.82) is 0 Å². The summed E-state index contributed by atoms with van der Waals surface area (Å²) in [6, 6.07) is 4.76. The fraction of sp³-hybridized carbons (Fsp3) is 0.357. The molecular weight excluding hydrogens is 489 g/mol. The van der Waals surface area contributed by atoms with Gasteiger partial charge in [0.05, 0.1) is 34.9 Å². The lowest BCUT2D eigenvalue weighted by Crippen LogP contribution is -2.47. The summed E-state index contributed by atoms with van der Waals surface area (Å²) in [5, 5.41) is 9.74. The minimum absolute atomic E-state index is 0.000418. The molecule has 194 valence electrons. The number of hydrogen-bond donors (Lipinski definition) is 4. The first-order chi connectivity index (χ1) is 17.7. The van der Waals surface area contributed by atoms with Crippen LogP contribution in [0, 0.1) is 23.7 Å². The van der Waals surface area contributed by atoms with Crippen molar-refractivity contribution in [2.75, 3.05) is 17.2 Å². The normalized spacial score (nSPS) is 15.9. The minimum Gasteiger partial charge on any atom is -0.383 e. The van der Waals surface area contributed by atoms with Crippen LogP contribution in [0.2, 0.25) is 5.02 Å². The minimum atomic E-state index is -1.58. The second-order valence-electron chi connectivity index (χ2n) is 11.1. The fourth-order valence-corrected chi connectivity index (χ4v) is 4.02. The largest absolute Gasteiger partial charge is 0.383 e. The Labute approximate surface area is 224 Å². The third-order valence-electron chi connectivity index (χ3n) is 5.72. The number of pyridine rings is 2. The Morgan fingerprint density at radius 2 is 1.95 bits per heavy atom. The number of nitrogens with zero attached hydrogens (tertiary/aromatic N) is 3. The van der Waals surface area contributed by atoms with Gasteiger partial charge in [-0.25, -0.2) is 4.98 Å². The molecule has 1 atom stereocenters. The number of hydrogen-bond acceptors (Lipinski definition) is 7. The van der Waals surface area contributed by atoms with Crippen molar-refractivity contribution in [2.45, 2.75) is 53.1 Å². The van der Waals surface area contributed by atoms with Gasteiger partial charge >= 0.3 is 0 Å². The highest BCUT2D eigenvalue weighted by molar-refractivity contribution is 6.35. The van der Waals surface area contributed by atoms with E-state index in [1.165, 1.54) is 18.3 Å². The maximum Gasteiger partial charge on any atom is 0.212 e. The first kappa shape index (κ1) is 25.1. The van der Waals surface area contributed by atoms with Gasteiger partial charge in [0.15, 0.2) is 0 Å². The summed E-state index contributed by atoms with van der Waals surface area (Å²) in [7, 11) is 0. The Morgan fingerprint density at radius 3 is 2.54 bits per heavy atom. The van der Waals surface area contributed by atoms with Crippen LogP contribution in [0.25, 0.3) is 10.9 Å². The number of terminal acetylenes is 1. The van der Waals surface area contributed by atoms with Gasteiger partial charge in [-0.05, 0) is 49.9 Å². The summed E-state index contributed by atoms with van der Waals surface area (Å²) in [6.45, 7) is 13.1. The van der Waals surface area contributed by atoms with Crippen LogP contribution in [0.5, 0.6) is 0 Å². The smallest absolute Gasteiger partial charge is 0.212 e. The van der Waals surface area contributed by atoms with Crippen LogP contribution < -0.4 is 21.6 Å². The number of aromatic nitrogens is 2. The summed E-state index contributed by atoms with van der Waals surface area (Å²) in [4.78, 5) is 8.29. The van der Waals surface area contributed by atoms with E-state index >= 15 is 0 Å². The van der Waals surface area contributed by atoms with Gasteiger partial charge in [0.1, 0.15) is 0 Å². The van der Waals surface area contributed by atoms with E-state index in [9.17, 15) is 5.76 Å². The molecule has 37 heavy (non-hydrogen) atoms. The Balaban J connectivity index is 1.84. The van der Waals surface area contributed by atoms with Crippen molar-refractivity contribution in [2.24, 2.45) is 5.41 Å². The highest BCUT2D eigenvalue weighted by Crippen LogP contribution is 2.36. The Bertz CT molecular complexity index is 1420. The number of halogens is 2. The lowest BCUT2D eigenvalue weighted by molar-refractivity contribution is 0.138. The van der Waals surface area contributed by atoms with Gasteiger partial charge in [-0.3, -0.25) is 9.99 Å². The van der Waals surface area contributed by atoms with Crippen molar-refractivity contribution < 1.29 is 5.76 Å². The predicted octanol–water partition coefficient (Wildman–Crippen LogP) is 5.98. The summed E-state index contributed by atoms with van der Waals surface area (Å²) in [5.74, 6) is 2.07. The molecule has 0 saturated carbocycles. The quantitative estimate of drug-likeness (QED) is 0.234. The van der Waals surface area contributed by atoms with Crippen molar-refractivity contribution in [1.82, 2.24) is 25.9 Å². The van der Waals surface area contributed by atoms with Gasteiger partial charge in [-0.2, -0.15) is 4.39 Å². The zero-order valence-corrected chi connectivity index (χ0v) is 22.7.